The van der Waals surface area contributed by atoms with Crippen LogP contribution in [0.3, 0.4) is 0 Å². The minimum absolute atomic E-state index is 0.102. The second-order valence-electron chi connectivity index (χ2n) is 16.7. The van der Waals surface area contributed by atoms with E-state index in [9.17, 15) is 14.4 Å². The largest absolute Gasteiger partial charge is 0.462 e. The van der Waals surface area contributed by atoms with Crippen molar-refractivity contribution in [1.29, 1.82) is 0 Å². The summed E-state index contributed by atoms with van der Waals surface area (Å²) in [5, 5.41) is 0. The van der Waals surface area contributed by atoms with Crippen molar-refractivity contribution in [2.45, 2.75) is 239 Å². The third-order valence-electron chi connectivity index (χ3n) is 10.6. The summed E-state index contributed by atoms with van der Waals surface area (Å²) in [6, 6.07) is 0. The minimum Gasteiger partial charge on any atom is -0.462 e. The molecular weight excluding hydrogens is 769 g/mol. The summed E-state index contributed by atoms with van der Waals surface area (Å²) in [7, 11) is 0. The molecule has 0 aliphatic carbocycles. The zero-order valence-corrected chi connectivity index (χ0v) is 40.4. The van der Waals surface area contributed by atoms with Crippen LogP contribution in [0.15, 0.2) is 85.1 Å². The van der Waals surface area contributed by atoms with Gasteiger partial charge in [0.05, 0.1) is 0 Å². The molecule has 0 aliphatic heterocycles. The van der Waals surface area contributed by atoms with Gasteiger partial charge in [-0.2, -0.15) is 0 Å². The van der Waals surface area contributed by atoms with Crippen molar-refractivity contribution in [3.8, 4) is 0 Å². The molecule has 0 aromatic carbocycles. The van der Waals surface area contributed by atoms with Gasteiger partial charge in [-0.3, -0.25) is 14.4 Å². The van der Waals surface area contributed by atoms with Gasteiger partial charge in [0.15, 0.2) is 6.10 Å². The molecule has 0 unspecified atom stereocenters. The molecule has 0 rings (SSSR count). The molecule has 0 heterocycles. The van der Waals surface area contributed by atoms with Crippen LogP contribution in [-0.2, 0) is 28.6 Å². The lowest BCUT2D eigenvalue weighted by atomic mass is 10.0. The Hall–Kier alpha value is -3.41. The number of hydrogen-bond acceptors (Lipinski definition) is 6. The molecule has 0 bridgehead atoms. The summed E-state index contributed by atoms with van der Waals surface area (Å²) in [6.07, 6.45) is 64.3. The normalized spacial score (nSPS) is 12.8. The second-order valence-corrected chi connectivity index (χ2v) is 16.7. The van der Waals surface area contributed by atoms with Gasteiger partial charge in [0, 0.05) is 19.3 Å². The van der Waals surface area contributed by atoms with Crippen LogP contribution in [0, 0.1) is 0 Å². The first kappa shape index (κ1) is 58.6. The monoisotopic (exact) mass is 863 g/mol. The fourth-order valence-corrected chi connectivity index (χ4v) is 6.81. The van der Waals surface area contributed by atoms with E-state index in [1.54, 1.807) is 0 Å². The molecule has 62 heavy (non-hydrogen) atoms. The molecule has 0 amide bonds. The molecule has 0 radical (unpaired) electrons. The van der Waals surface area contributed by atoms with Crippen molar-refractivity contribution in [2.75, 3.05) is 13.2 Å². The fraction of sp³-hybridized carbons (Fsp3) is 0.696. The highest BCUT2D eigenvalue weighted by Crippen LogP contribution is 2.14. The Kier molecular flexibility index (Phi) is 47.5. The first-order chi connectivity index (χ1) is 30.5. The Bertz CT molecular complexity index is 1220. The summed E-state index contributed by atoms with van der Waals surface area (Å²) >= 11 is 0. The maximum Gasteiger partial charge on any atom is 0.306 e. The van der Waals surface area contributed by atoms with Crippen molar-refractivity contribution < 1.29 is 28.6 Å². The van der Waals surface area contributed by atoms with E-state index < -0.39 is 6.10 Å². The van der Waals surface area contributed by atoms with Gasteiger partial charge in [0.2, 0.25) is 0 Å². The molecule has 0 saturated heterocycles. The smallest absolute Gasteiger partial charge is 0.306 e. The van der Waals surface area contributed by atoms with Crippen LogP contribution >= 0.6 is 0 Å². The number of carbonyl (C=O) groups excluding carboxylic acids is 3. The van der Waals surface area contributed by atoms with Crippen LogP contribution < -0.4 is 0 Å². The minimum atomic E-state index is -0.808. The van der Waals surface area contributed by atoms with Crippen molar-refractivity contribution in [2.24, 2.45) is 0 Å². The molecule has 0 aromatic heterocycles. The molecule has 0 aliphatic rings. The van der Waals surface area contributed by atoms with E-state index in [0.717, 1.165) is 89.9 Å². The maximum absolute atomic E-state index is 12.8. The quantitative estimate of drug-likeness (QED) is 0.0263. The Balaban J connectivity index is 4.49. The van der Waals surface area contributed by atoms with Gasteiger partial charge in [-0.1, -0.05) is 215 Å². The Morgan fingerprint density at radius 2 is 0.661 bits per heavy atom. The zero-order chi connectivity index (χ0) is 45.1. The number of hydrogen-bond donors (Lipinski definition) is 0. The molecule has 0 fully saturated rings. The van der Waals surface area contributed by atoms with Crippen molar-refractivity contribution >= 4 is 17.9 Å². The number of ether oxygens (including phenoxy) is 3. The van der Waals surface area contributed by atoms with Crippen LogP contribution in [0.5, 0.6) is 0 Å². The topological polar surface area (TPSA) is 78.9 Å². The van der Waals surface area contributed by atoms with Crippen molar-refractivity contribution in [1.82, 2.24) is 0 Å². The Morgan fingerprint density at radius 1 is 0.339 bits per heavy atom. The predicted molar refractivity (Wildman–Crippen MR) is 265 cm³/mol. The molecule has 0 N–H and O–H groups in total. The summed E-state index contributed by atoms with van der Waals surface area (Å²) in [6.45, 7) is 6.43. The number of allylic oxidation sites excluding steroid dienone is 14. The van der Waals surface area contributed by atoms with Crippen molar-refractivity contribution in [3.05, 3.63) is 85.1 Å². The lowest BCUT2D eigenvalue weighted by Crippen LogP contribution is -2.30. The van der Waals surface area contributed by atoms with Gasteiger partial charge in [-0.25, -0.2) is 0 Å². The molecule has 0 spiro atoms. The summed E-state index contributed by atoms with van der Waals surface area (Å²) in [5.74, 6) is -1.000. The lowest BCUT2D eigenvalue weighted by Gasteiger charge is -2.18. The first-order valence-corrected chi connectivity index (χ1v) is 25.6. The lowest BCUT2D eigenvalue weighted by molar-refractivity contribution is -0.166. The zero-order valence-electron chi connectivity index (χ0n) is 40.4. The van der Waals surface area contributed by atoms with Gasteiger partial charge in [-0.05, 0) is 83.5 Å². The van der Waals surface area contributed by atoms with Crippen LogP contribution in [0.25, 0.3) is 0 Å². The molecule has 0 saturated carbocycles. The highest BCUT2D eigenvalue weighted by Gasteiger charge is 2.19. The van der Waals surface area contributed by atoms with E-state index >= 15 is 0 Å². The van der Waals surface area contributed by atoms with Crippen LogP contribution in [-0.4, -0.2) is 37.2 Å². The molecular formula is C56H94O6. The number of rotatable bonds is 45. The average Bonchev–Trinajstić information content (AvgIpc) is 3.27. The van der Waals surface area contributed by atoms with Crippen LogP contribution in [0.2, 0.25) is 0 Å². The van der Waals surface area contributed by atoms with Crippen molar-refractivity contribution in [3.63, 3.8) is 0 Å². The second kappa shape index (κ2) is 50.2. The van der Waals surface area contributed by atoms with E-state index in [1.165, 1.54) is 96.3 Å². The summed E-state index contributed by atoms with van der Waals surface area (Å²) < 4.78 is 16.7. The standard InChI is InChI=1S/C56H94O6/c1-4-7-10-13-16-19-22-25-26-27-28-29-30-32-34-37-40-43-46-49-55(58)61-52-53(51-60-54(57)48-45-42-39-36-33-24-21-18-15-12-9-6-3)62-56(59)50-47-44-41-38-35-31-23-20-17-14-11-8-5-2/h7,10,16,19-20,23,25-26,28-29,32,34,40,43,53H,4-6,8-9,11-15,17-18,21-22,24,27,30-31,33,35-39,41-42,44-52H2,1-3H3/b10-7-,19-16-,23-20-,26-25-,29-28-,34-32-,43-40-/t53-/m1/s1. The molecule has 6 heteroatoms. The highest BCUT2D eigenvalue weighted by molar-refractivity contribution is 5.71. The fourth-order valence-electron chi connectivity index (χ4n) is 6.81. The Morgan fingerprint density at radius 3 is 1.10 bits per heavy atom. The van der Waals surface area contributed by atoms with Gasteiger partial charge < -0.3 is 14.2 Å². The van der Waals surface area contributed by atoms with Gasteiger partial charge >= 0.3 is 17.9 Å². The molecule has 0 aromatic rings. The third-order valence-corrected chi connectivity index (χ3v) is 10.6. The molecule has 6 nitrogen and oxygen atoms in total. The highest BCUT2D eigenvalue weighted by atomic mass is 16.6. The number of carbonyl (C=O) groups is 3. The average molecular weight is 863 g/mol. The molecule has 354 valence electrons. The number of esters is 3. The predicted octanol–water partition coefficient (Wildman–Crippen LogP) is 16.8. The van der Waals surface area contributed by atoms with Gasteiger partial charge in [0.25, 0.3) is 0 Å². The van der Waals surface area contributed by atoms with E-state index in [2.05, 4.69) is 99.8 Å². The molecule has 1 atom stereocenters. The van der Waals surface area contributed by atoms with E-state index in [0.29, 0.717) is 19.3 Å². The Labute approximate surface area is 382 Å². The van der Waals surface area contributed by atoms with Gasteiger partial charge in [0.1, 0.15) is 13.2 Å². The van der Waals surface area contributed by atoms with E-state index in [4.69, 9.17) is 14.2 Å². The van der Waals surface area contributed by atoms with Crippen LogP contribution in [0.4, 0.5) is 0 Å². The third kappa shape index (κ3) is 47.6. The van der Waals surface area contributed by atoms with E-state index in [-0.39, 0.29) is 37.5 Å². The van der Waals surface area contributed by atoms with E-state index in [1.807, 2.05) is 6.08 Å². The maximum atomic E-state index is 12.8. The van der Waals surface area contributed by atoms with Crippen LogP contribution in [0.1, 0.15) is 233 Å². The first-order valence-electron chi connectivity index (χ1n) is 25.6. The number of unbranched alkanes of at least 4 members (excludes halogenated alkanes) is 20. The SMILES string of the molecule is CC/C=C\C/C=C\C/C=C\C/C=C\C/C=C\C/C=C\CCC(=O)OC[C@@H](COC(=O)CCCCCCCCCCCCCC)OC(=O)CCCCCCC/C=C\CCCCCC. The summed E-state index contributed by atoms with van der Waals surface area (Å²) in [5.41, 5.74) is 0. The summed E-state index contributed by atoms with van der Waals surface area (Å²) in [4.78, 5) is 37.9. The van der Waals surface area contributed by atoms with Gasteiger partial charge in [-0.15, -0.1) is 0 Å².